The van der Waals surface area contributed by atoms with Gasteiger partial charge in [-0.1, -0.05) is 36.3 Å². The molecule has 138 valence electrons. The van der Waals surface area contributed by atoms with E-state index in [0.717, 1.165) is 4.31 Å². The third-order valence-electron chi connectivity index (χ3n) is 3.23. The zero-order chi connectivity index (χ0) is 18.7. The van der Waals surface area contributed by atoms with Gasteiger partial charge in [0.25, 0.3) is 10.2 Å². The molecule has 1 N–H and O–H groups in total. The summed E-state index contributed by atoms with van der Waals surface area (Å²) in [6.45, 7) is 2.30. The molecule has 0 radical (unpaired) electrons. The summed E-state index contributed by atoms with van der Waals surface area (Å²) >= 11 is 0. The minimum atomic E-state index is -4.70. The zero-order valence-electron chi connectivity index (χ0n) is 13.5. The van der Waals surface area contributed by atoms with Crippen molar-refractivity contribution in [2.24, 2.45) is 0 Å². The van der Waals surface area contributed by atoms with Crippen molar-refractivity contribution in [2.75, 3.05) is 13.6 Å². The number of nitrogens with one attached hydrogen (secondary N) is 1. The lowest BCUT2D eigenvalue weighted by molar-refractivity contribution is -0.159. The second kappa shape index (κ2) is 7.50. The zero-order valence-corrected chi connectivity index (χ0v) is 14.4. The van der Waals surface area contributed by atoms with Crippen molar-refractivity contribution >= 4 is 10.2 Å². The van der Waals surface area contributed by atoms with E-state index in [0.29, 0.717) is 24.1 Å². The number of benzene rings is 1. The largest absolute Gasteiger partial charge is 0.471 e. The highest BCUT2D eigenvalue weighted by atomic mass is 32.2. The topological polar surface area (TPSA) is 88.3 Å². The summed E-state index contributed by atoms with van der Waals surface area (Å²) in [6.07, 6.45) is -4.03. The Labute approximate surface area is 143 Å². The fourth-order valence-corrected chi connectivity index (χ4v) is 2.90. The molecule has 2 rings (SSSR count). The maximum atomic E-state index is 12.5. The Hall–Kier alpha value is -1.98. The quantitative estimate of drug-likeness (QED) is 0.799. The van der Waals surface area contributed by atoms with Gasteiger partial charge in [0.15, 0.2) is 0 Å². The minimum absolute atomic E-state index is 0.110. The molecule has 11 heteroatoms. The number of aromatic nitrogens is 2. The second-order valence-corrected chi connectivity index (χ2v) is 7.14. The van der Waals surface area contributed by atoms with Gasteiger partial charge in [0.1, 0.15) is 0 Å². The Kier molecular flexibility index (Phi) is 5.80. The summed E-state index contributed by atoms with van der Waals surface area (Å²) in [4.78, 5) is 3.30. The molecule has 0 unspecified atom stereocenters. The number of hydrogen-bond acceptors (Lipinski definition) is 5. The molecule has 0 amide bonds. The molecule has 1 aromatic heterocycles. The molecule has 0 aliphatic rings. The van der Waals surface area contributed by atoms with Gasteiger partial charge in [-0.3, -0.25) is 0 Å². The first-order chi connectivity index (χ1) is 11.6. The van der Waals surface area contributed by atoms with Crippen LogP contribution >= 0.6 is 0 Å². The molecule has 0 fully saturated rings. The molecule has 2 aromatic rings. The number of halogens is 3. The predicted molar refractivity (Wildman–Crippen MR) is 83.4 cm³/mol. The van der Waals surface area contributed by atoms with Crippen molar-refractivity contribution in [1.82, 2.24) is 19.2 Å². The van der Waals surface area contributed by atoms with Crippen molar-refractivity contribution in [3.63, 3.8) is 0 Å². The van der Waals surface area contributed by atoms with E-state index in [-0.39, 0.29) is 12.4 Å². The first kappa shape index (κ1) is 19.3. The maximum Gasteiger partial charge on any atom is 0.471 e. The van der Waals surface area contributed by atoms with Gasteiger partial charge < -0.3 is 4.52 Å². The summed E-state index contributed by atoms with van der Waals surface area (Å²) in [7, 11) is -2.15. The summed E-state index contributed by atoms with van der Waals surface area (Å²) in [5, 5.41) is 3.29. The average molecular weight is 378 g/mol. The van der Waals surface area contributed by atoms with Crippen molar-refractivity contribution in [1.29, 1.82) is 0 Å². The van der Waals surface area contributed by atoms with Gasteiger partial charge in [-0.05, 0) is 12.0 Å². The molecule has 7 nitrogen and oxygen atoms in total. The molecular weight excluding hydrogens is 361 g/mol. The van der Waals surface area contributed by atoms with Crippen LogP contribution in [0.4, 0.5) is 13.2 Å². The molecule has 0 aliphatic heterocycles. The van der Waals surface area contributed by atoms with Gasteiger partial charge in [0.05, 0.1) is 0 Å². The van der Waals surface area contributed by atoms with Gasteiger partial charge >= 0.3 is 12.1 Å². The Morgan fingerprint density at radius 1 is 1.24 bits per heavy atom. The fourth-order valence-electron chi connectivity index (χ4n) is 1.90. The molecule has 25 heavy (non-hydrogen) atoms. The first-order valence-electron chi connectivity index (χ1n) is 7.34. The summed E-state index contributed by atoms with van der Waals surface area (Å²) < 4.78 is 69.1. The highest BCUT2D eigenvalue weighted by molar-refractivity contribution is 7.87. The van der Waals surface area contributed by atoms with Crippen molar-refractivity contribution in [3.8, 4) is 11.4 Å². The lowest BCUT2D eigenvalue weighted by atomic mass is 10.1. The fraction of sp³-hybridized carbons (Fsp3) is 0.429. The van der Waals surface area contributed by atoms with E-state index < -0.39 is 22.3 Å². The van der Waals surface area contributed by atoms with E-state index in [1.54, 1.807) is 12.1 Å². The molecule has 0 aliphatic carbocycles. The molecule has 0 spiro atoms. The normalized spacial score (nSPS) is 12.7. The van der Waals surface area contributed by atoms with E-state index in [1.165, 1.54) is 19.2 Å². The summed E-state index contributed by atoms with van der Waals surface area (Å²) in [6, 6.07) is 6.18. The Morgan fingerprint density at radius 3 is 2.40 bits per heavy atom. The molecular formula is C14H17F3N4O3S. The van der Waals surface area contributed by atoms with Crippen LogP contribution in [0.15, 0.2) is 28.8 Å². The number of alkyl halides is 3. The molecule has 0 bridgehead atoms. The van der Waals surface area contributed by atoms with Gasteiger partial charge in [0, 0.05) is 25.7 Å². The van der Waals surface area contributed by atoms with Gasteiger partial charge in [-0.25, -0.2) is 4.72 Å². The average Bonchev–Trinajstić information content (AvgIpc) is 3.04. The SMILES string of the molecule is CCCNS(=O)(=O)N(C)Cc1ccc(-c2noc(C(F)(F)F)n2)cc1. The van der Waals surface area contributed by atoms with Gasteiger partial charge in [0.2, 0.25) is 5.82 Å². The van der Waals surface area contributed by atoms with E-state index in [4.69, 9.17) is 0 Å². The smallest absolute Gasteiger partial charge is 0.329 e. The highest BCUT2D eigenvalue weighted by Crippen LogP contribution is 2.29. The van der Waals surface area contributed by atoms with E-state index in [2.05, 4.69) is 19.4 Å². The third kappa shape index (κ3) is 5.00. The second-order valence-electron chi connectivity index (χ2n) is 5.27. The molecule has 0 saturated carbocycles. The number of nitrogens with zero attached hydrogens (tertiary/aromatic N) is 3. The van der Waals surface area contributed by atoms with Crippen LogP contribution in [0.1, 0.15) is 24.8 Å². The Bertz CT molecular complexity index is 803. The van der Waals surface area contributed by atoms with Crippen LogP contribution in [0.5, 0.6) is 0 Å². The number of rotatable bonds is 7. The minimum Gasteiger partial charge on any atom is -0.329 e. The molecule has 1 heterocycles. The lowest BCUT2D eigenvalue weighted by Gasteiger charge is -2.17. The van der Waals surface area contributed by atoms with Gasteiger partial charge in [-0.2, -0.15) is 30.9 Å². The van der Waals surface area contributed by atoms with E-state index in [9.17, 15) is 21.6 Å². The van der Waals surface area contributed by atoms with Crippen molar-refractivity contribution in [2.45, 2.75) is 26.1 Å². The van der Waals surface area contributed by atoms with Crippen LogP contribution in [-0.2, 0) is 22.9 Å². The Morgan fingerprint density at radius 2 is 1.88 bits per heavy atom. The van der Waals surface area contributed by atoms with Crippen LogP contribution in [0.25, 0.3) is 11.4 Å². The van der Waals surface area contributed by atoms with E-state index in [1.807, 2.05) is 6.92 Å². The van der Waals surface area contributed by atoms with Crippen LogP contribution in [0, 0.1) is 0 Å². The first-order valence-corrected chi connectivity index (χ1v) is 8.78. The summed E-state index contributed by atoms with van der Waals surface area (Å²) in [5.74, 6) is -1.61. The summed E-state index contributed by atoms with van der Waals surface area (Å²) in [5.41, 5.74) is 0.991. The van der Waals surface area contributed by atoms with Crippen molar-refractivity contribution in [3.05, 3.63) is 35.7 Å². The van der Waals surface area contributed by atoms with E-state index >= 15 is 0 Å². The van der Waals surface area contributed by atoms with Crippen LogP contribution in [-0.4, -0.2) is 36.5 Å². The van der Waals surface area contributed by atoms with Gasteiger partial charge in [-0.15, -0.1) is 0 Å². The molecule has 0 atom stereocenters. The molecule has 0 saturated heterocycles. The van der Waals surface area contributed by atoms with Crippen LogP contribution < -0.4 is 4.72 Å². The third-order valence-corrected chi connectivity index (χ3v) is 4.75. The lowest BCUT2D eigenvalue weighted by Crippen LogP contribution is -2.38. The maximum absolute atomic E-state index is 12.5. The van der Waals surface area contributed by atoms with Crippen LogP contribution in [0.3, 0.4) is 0 Å². The predicted octanol–water partition coefficient (Wildman–Crippen LogP) is 2.43. The Balaban J connectivity index is 2.08. The van der Waals surface area contributed by atoms with Crippen LogP contribution in [0.2, 0.25) is 0 Å². The monoisotopic (exact) mass is 378 g/mol. The standard InChI is InChI=1S/C14H17F3N4O3S/c1-3-8-18-25(22,23)21(2)9-10-4-6-11(7-5-10)12-19-13(24-20-12)14(15,16)17/h4-7,18H,3,8-9H2,1-2H3. The number of hydrogen-bond donors (Lipinski definition) is 1. The molecule has 1 aromatic carbocycles. The van der Waals surface area contributed by atoms with Crippen molar-refractivity contribution < 1.29 is 26.1 Å². The highest BCUT2D eigenvalue weighted by Gasteiger charge is 2.38.